The van der Waals surface area contributed by atoms with Crippen LogP contribution in [0.4, 0.5) is 5.69 Å². The van der Waals surface area contributed by atoms with Crippen LogP contribution in [0.5, 0.6) is 11.5 Å². The maximum absolute atomic E-state index is 12.5. The van der Waals surface area contributed by atoms with E-state index < -0.39 is 12.1 Å². The molecule has 2 aromatic rings. The zero-order valence-electron chi connectivity index (χ0n) is 15.3. The molecule has 8 heteroatoms. The van der Waals surface area contributed by atoms with Gasteiger partial charge in [0.05, 0.1) is 19.9 Å². The van der Waals surface area contributed by atoms with Gasteiger partial charge in [0, 0.05) is 36.1 Å². The summed E-state index contributed by atoms with van der Waals surface area (Å²) in [7, 11) is 3.00. The third-order valence-corrected chi connectivity index (χ3v) is 4.41. The maximum Gasteiger partial charge on any atom is 0.255 e. The fraction of sp³-hybridized carbons (Fsp3) is 0.263. The van der Waals surface area contributed by atoms with Crippen LogP contribution in [0, 0.1) is 0 Å². The second kappa shape index (κ2) is 7.55. The number of fused-ring (bicyclic) bond motifs is 1. The van der Waals surface area contributed by atoms with Crippen molar-refractivity contribution in [2.75, 3.05) is 25.7 Å². The molecule has 27 heavy (non-hydrogen) atoms. The zero-order valence-corrected chi connectivity index (χ0v) is 15.3. The van der Waals surface area contributed by atoms with Crippen molar-refractivity contribution in [1.82, 2.24) is 10.3 Å². The molecule has 3 N–H and O–H groups in total. The Labute approximate surface area is 156 Å². The van der Waals surface area contributed by atoms with Gasteiger partial charge in [-0.15, -0.1) is 0 Å². The minimum Gasteiger partial charge on any atom is -0.505 e. The number of aliphatic hydroxyl groups is 2. The van der Waals surface area contributed by atoms with Gasteiger partial charge < -0.3 is 29.9 Å². The summed E-state index contributed by atoms with van der Waals surface area (Å²) in [4.78, 5) is 18.0. The van der Waals surface area contributed by atoms with E-state index in [2.05, 4.69) is 10.3 Å². The fourth-order valence-corrected chi connectivity index (χ4v) is 3.02. The van der Waals surface area contributed by atoms with Gasteiger partial charge in [-0.1, -0.05) is 0 Å². The molecular formula is C19H21N3O5. The topological polar surface area (TPSA) is 104 Å². The van der Waals surface area contributed by atoms with Gasteiger partial charge in [-0.2, -0.15) is 0 Å². The van der Waals surface area contributed by atoms with Crippen molar-refractivity contribution < 1.29 is 24.5 Å². The number of anilines is 1. The number of methoxy groups -OCH3 is 2. The molecule has 1 aromatic carbocycles. The molecule has 142 valence electrons. The van der Waals surface area contributed by atoms with Gasteiger partial charge in [0.25, 0.3) is 5.91 Å². The number of pyridine rings is 1. The number of ether oxygens (including phenoxy) is 2. The van der Waals surface area contributed by atoms with Gasteiger partial charge in [0.2, 0.25) is 0 Å². The Balaban J connectivity index is 2.07. The number of benzene rings is 1. The predicted octanol–water partition coefficient (Wildman–Crippen LogP) is 1.91. The van der Waals surface area contributed by atoms with Crippen LogP contribution in [0.25, 0.3) is 5.76 Å². The average molecular weight is 371 g/mol. The lowest BCUT2D eigenvalue weighted by atomic mass is 10.0. The van der Waals surface area contributed by atoms with E-state index in [0.717, 1.165) is 0 Å². The first kappa shape index (κ1) is 18.5. The van der Waals surface area contributed by atoms with Crippen molar-refractivity contribution in [1.29, 1.82) is 0 Å². The van der Waals surface area contributed by atoms with Crippen LogP contribution in [-0.2, 0) is 0 Å². The molecule has 0 radical (unpaired) electrons. The molecule has 1 amide bonds. The minimum atomic E-state index is -1.23. The summed E-state index contributed by atoms with van der Waals surface area (Å²) in [6.07, 6.45) is 1.75. The average Bonchev–Trinajstić information content (AvgIpc) is 2.71. The van der Waals surface area contributed by atoms with Gasteiger partial charge in [-0.3, -0.25) is 9.78 Å². The van der Waals surface area contributed by atoms with Crippen LogP contribution >= 0.6 is 0 Å². The molecule has 1 atom stereocenters. The highest BCUT2D eigenvalue weighted by molar-refractivity contribution is 5.97. The Bertz CT molecular complexity index is 882. The summed E-state index contributed by atoms with van der Waals surface area (Å²) in [6, 6.07) is 6.37. The van der Waals surface area contributed by atoms with E-state index in [0.29, 0.717) is 34.9 Å². The van der Waals surface area contributed by atoms with Gasteiger partial charge in [-0.05, 0) is 25.1 Å². The molecule has 1 aliphatic heterocycles. The Kier molecular flexibility index (Phi) is 5.18. The van der Waals surface area contributed by atoms with Crippen molar-refractivity contribution in [3.63, 3.8) is 0 Å². The Morgan fingerprint density at radius 2 is 1.85 bits per heavy atom. The fourth-order valence-electron chi connectivity index (χ4n) is 3.02. The number of carbonyl (C=O) groups excluding carboxylic acids is 1. The van der Waals surface area contributed by atoms with Crippen LogP contribution in [0.15, 0.2) is 42.4 Å². The molecule has 1 aliphatic rings. The number of nitrogens with zero attached hydrogens (tertiary/aromatic N) is 2. The quantitative estimate of drug-likeness (QED) is 0.737. The Morgan fingerprint density at radius 3 is 2.44 bits per heavy atom. The lowest BCUT2D eigenvalue weighted by Gasteiger charge is -2.36. The number of amides is 1. The first-order chi connectivity index (χ1) is 13.0. The number of rotatable bonds is 5. The number of nitrogens with one attached hydrogen (secondary N) is 1. The summed E-state index contributed by atoms with van der Waals surface area (Å²) in [5.41, 5.74) is 1.35. The molecule has 0 saturated heterocycles. The Morgan fingerprint density at radius 1 is 1.22 bits per heavy atom. The summed E-state index contributed by atoms with van der Waals surface area (Å²) in [6.45, 7) is 2.29. The second-order valence-corrected chi connectivity index (χ2v) is 5.84. The second-order valence-electron chi connectivity index (χ2n) is 5.84. The molecule has 1 aromatic heterocycles. The van der Waals surface area contributed by atoms with Crippen LogP contribution in [0.2, 0.25) is 0 Å². The highest BCUT2D eigenvalue weighted by Crippen LogP contribution is 2.42. The first-order valence-electron chi connectivity index (χ1n) is 8.37. The first-order valence-corrected chi connectivity index (χ1v) is 8.37. The third kappa shape index (κ3) is 3.26. The molecule has 0 bridgehead atoms. The monoisotopic (exact) mass is 371 g/mol. The number of likely N-dealkylation sites (N-methyl/N-ethyl adjacent to an activating group) is 1. The molecule has 0 saturated carbocycles. The normalized spacial score (nSPS) is 16.0. The number of aromatic nitrogens is 1. The standard InChI is InChI=1S/C19H21N3O5/c1-4-22-13-10-15(27-3)14(26-2)9-12(13)17(23)16(19(22)25)21-18(24)11-5-7-20-8-6-11/h5-10,19,23,25H,4H2,1-3H3,(H,21,24). The van der Waals surface area contributed by atoms with Crippen molar-refractivity contribution >= 4 is 17.4 Å². The third-order valence-electron chi connectivity index (χ3n) is 4.41. The van der Waals surface area contributed by atoms with Crippen LogP contribution in [0.1, 0.15) is 22.8 Å². The maximum atomic E-state index is 12.5. The van der Waals surface area contributed by atoms with Crippen molar-refractivity contribution in [3.05, 3.63) is 53.5 Å². The number of aliphatic hydroxyl groups excluding tert-OH is 2. The van der Waals surface area contributed by atoms with Gasteiger partial charge in [0.1, 0.15) is 11.5 Å². The zero-order chi connectivity index (χ0) is 19.6. The van der Waals surface area contributed by atoms with Gasteiger partial charge in [-0.25, -0.2) is 0 Å². The van der Waals surface area contributed by atoms with E-state index in [-0.39, 0.29) is 11.5 Å². The van der Waals surface area contributed by atoms with E-state index in [1.807, 2.05) is 6.92 Å². The van der Waals surface area contributed by atoms with E-state index in [4.69, 9.17) is 9.47 Å². The lowest BCUT2D eigenvalue weighted by Crippen LogP contribution is -2.45. The van der Waals surface area contributed by atoms with Crippen LogP contribution < -0.4 is 19.7 Å². The summed E-state index contributed by atoms with van der Waals surface area (Å²) in [5, 5.41) is 24.1. The molecule has 1 unspecified atom stereocenters. The van der Waals surface area contributed by atoms with E-state index in [1.54, 1.807) is 29.2 Å². The number of carbonyl (C=O) groups is 1. The van der Waals surface area contributed by atoms with Crippen molar-refractivity contribution in [2.24, 2.45) is 0 Å². The van der Waals surface area contributed by atoms with E-state index in [9.17, 15) is 15.0 Å². The number of hydrogen-bond acceptors (Lipinski definition) is 7. The summed E-state index contributed by atoms with van der Waals surface area (Å²) in [5.74, 6) is 0.206. The van der Waals surface area contributed by atoms with Gasteiger partial charge in [0.15, 0.2) is 17.7 Å². The lowest BCUT2D eigenvalue weighted by molar-refractivity contribution is 0.0944. The van der Waals surface area contributed by atoms with Gasteiger partial charge >= 0.3 is 0 Å². The molecule has 0 fully saturated rings. The highest BCUT2D eigenvalue weighted by Gasteiger charge is 2.34. The van der Waals surface area contributed by atoms with Crippen molar-refractivity contribution in [2.45, 2.75) is 13.2 Å². The van der Waals surface area contributed by atoms with E-state index >= 15 is 0 Å². The molecule has 3 rings (SSSR count). The molecule has 2 heterocycles. The number of hydrogen-bond donors (Lipinski definition) is 3. The molecule has 0 spiro atoms. The molecule has 8 nitrogen and oxygen atoms in total. The summed E-state index contributed by atoms with van der Waals surface area (Å²) < 4.78 is 10.6. The van der Waals surface area contributed by atoms with Crippen LogP contribution in [-0.4, -0.2) is 48.1 Å². The largest absolute Gasteiger partial charge is 0.505 e. The SMILES string of the molecule is CCN1c2cc(OC)c(OC)cc2C(O)=C(NC(=O)c2ccncc2)C1O. The minimum absolute atomic E-state index is 0.00150. The molecule has 0 aliphatic carbocycles. The summed E-state index contributed by atoms with van der Waals surface area (Å²) >= 11 is 0. The predicted molar refractivity (Wildman–Crippen MR) is 99.8 cm³/mol. The molecular weight excluding hydrogens is 350 g/mol. The Hall–Kier alpha value is -3.26. The smallest absolute Gasteiger partial charge is 0.255 e. The highest BCUT2D eigenvalue weighted by atomic mass is 16.5. The van der Waals surface area contributed by atoms with E-state index in [1.165, 1.54) is 26.6 Å². The van der Waals surface area contributed by atoms with Crippen molar-refractivity contribution in [3.8, 4) is 11.5 Å². The van der Waals surface area contributed by atoms with Crippen LogP contribution in [0.3, 0.4) is 0 Å².